The number of fused-ring (bicyclic) bond motifs is 1. The molecule has 1 aromatic heterocycles. The molecule has 3 rings (SSSR count). The van der Waals surface area contributed by atoms with Gasteiger partial charge in [0.05, 0.1) is 12.7 Å². The number of aryl methyl sites for hydroxylation is 2. The van der Waals surface area contributed by atoms with Crippen molar-refractivity contribution >= 4 is 16.8 Å². The lowest BCUT2D eigenvalue weighted by Crippen LogP contribution is -2.37. The Morgan fingerprint density at radius 2 is 2.32 bits per heavy atom. The maximum Gasteiger partial charge on any atom is 0.248 e. The van der Waals surface area contributed by atoms with Crippen LogP contribution in [-0.4, -0.2) is 42.4 Å². The average molecular weight is 344 g/mol. The molecule has 0 radical (unpaired) electrons. The van der Waals surface area contributed by atoms with Crippen LogP contribution in [-0.2, 0) is 27.7 Å². The molecular formula is C20H28N2O3. The highest BCUT2D eigenvalue weighted by atomic mass is 16.5. The topological polar surface area (TPSA) is 52.5 Å². The van der Waals surface area contributed by atoms with Crippen LogP contribution in [0.1, 0.15) is 30.9 Å². The van der Waals surface area contributed by atoms with E-state index in [-0.39, 0.29) is 12.0 Å². The first-order valence-corrected chi connectivity index (χ1v) is 9.10. The van der Waals surface area contributed by atoms with E-state index in [1.54, 1.807) is 6.92 Å². The molecule has 1 amide bonds. The van der Waals surface area contributed by atoms with Crippen molar-refractivity contribution in [3.05, 3.63) is 35.5 Å². The number of carbonyl (C=O) groups excluding carboxylic acids is 1. The van der Waals surface area contributed by atoms with Gasteiger partial charge in [0.1, 0.15) is 6.10 Å². The number of carbonyl (C=O) groups is 1. The third-order valence-corrected chi connectivity index (χ3v) is 4.85. The summed E-state index contributed by atoms with van der Waals surface area (Å²) in [4.78, 5) is 12.2. The standard InChI is InChI=1S/C20H28N2O3/c1-14-6-7-18-16(12-22(3)19(18)11-14)8-9-21-20(23)15(2)25-13-17-5-4-10-24-17/h6-7,11-12,15,17H,4-5,8-10,13H2,1-3H3,(H,21,23)/t15-,17+/m0/s1. The van der Waals surface area contributed by atoms with Crippen LogP contribution in [0.25, 0.3) is 10.9 Å². The molecule has 5 nitrogen and oxygen atoms in total. The van der Waals surface area contributed by atoms with E-state index in [1.165, 1.54) is 22.0 Å². The summed E-state index contributed by atoms with van der Waals surface area (Å²) in [6.07, 6.45) is 4.76. The van der Waals surface area contributed by atoms with Crippen molar-refractivity contribution in [3.8, 4) is 0 Å². The molecule has 2 aromatic rings. The van der Waals surface area contributed by atoms with Gasteiger partial charge in [0.2, 0.25) is 5.91 Å². The van der Waals surface area contributed by atoms with Crippen molar-refractivity contribution in [2.24, 2.45) is 7.05 Å². The van der Waals surface area contributed by atoms with Gasteiger partial charge in [-0.1, -0.05) is 12.1 Å². The van der Waals surface area contributed by atoms with Crippen LogP contribution in [0.15, 0.2) is 24.4 Å². The number of hydrogen-bond donors (Lipinski definition) is 1. The van der Waals surface area contributed by atoms with Crippen LogP contribution >= 0.6 is 0 Å². The molecule has 1 N–H and O–H groups in total. The minimum atomic E-state index is -0.445. The van der Waals surface area contributed by atoms with Crippen molar-refractivity contribution in [1.29, 1.82) is 0 Å². The maximum absolute atomic E-state index is 12.2. The van der Waals surface area contributed by atoms with E-state index in [9.17, 15) is 4.79 Å². The zero-order valence-electron chi connectivity index (χ0n) is 15.4. The summed E-state index contributed by atoms with van der Waals surface area (Å²) in [5.41, 5.74) is 3.74. The van der Waals surface area contributed by atoms with Crippen LogP contribution in [0.4, 0.5) is 0 Å². The molecule has 1 saturated heterocycles. The average Bonchev–Trinajstić information content (AvgIpc) is 3.21. The lowest BCUT2D eigenvalue weighted by atomic mass is 10.1. The molecule has 2 heterocycles. The Morgan fingerprint density at radius 3 is 3.08 bits per heavy atom. The van der Waals surface area contributed by atoms with Crippen molar-refractivity contribution in [1.82, 2.24) is 9.88 Å². The van der Waals surface area contributed by atoms with Gasteiger partial charge in [0.25, 0.3) is 0 Å². The number of amides is 1. The quantitative estimate of drug-likeness (QED) is 0.840. The number of ether oxygens (including phenoxy) is 2. The third kappa shape index (κ3) is 4.41. The largest absolute Gasteiger partial charge is 0.376 e. The fourth-order valence-electron chi connectivity index (χ4n) is 3.34. The van der Waals surface area contributed by atoms with E-state index in [0.717, 1.165) is 25.9 Å². The monoisotopic (exact) mass is 344 g/mol. The number of benzene rings is 1. The Balaban J connectivity index is 1.48. The molecule has 25 heavy (non-hydrogen) atoms. The second kappa shape index (κ2) is 8.02. The molecule has 136 valence electrons. The Bertz CT molecular complexity index is 732. The van der Waals surface area contributed by atoms with E-state index in [2.05, 4.69) is 48.3 Å². The van der Waals surface area contributed by atoms with Gasteiger partial charge in [-0.2, -0.15) is 0 Å². The Morgan fingerprint density at radius 1 is 1.48 bits per heavy atom. The van der Waals surface area contributed by atoms with E-state index in [4.69, 9.17) is 9.47 Å². The van der Waals surface area contributed by atoms with Crippen molar-refractivity contribution < 1.29 is 14.3 Å². The van der Waals surface area contributed by atoms with E-state index in [1.807, 2.05) is 0 Å². The zero-order valence-corrected chi connectivity index (χ0v) is 15.4. The van der Waals surface area contributed by atoms with Crippen molar-refractivity contribution in [3.63, 3.8) is 0 Å². The maximum atomic E-state index is 12.2. The summed E-state index contributed by atoms with van der Waals surface area (Å²) in [7, 11) is 2.06. The molecule has 1 aliphatic rings. The van der Waals surface area contributed by atoms with Gasteiger partial charge in [0.15, 0.2) is 0 Å². The van der Waals surface area contributed by atoms with E-state index < -0.39 is 6.10 Å². The summed E-state index contributed by atoms with van der Waals surface area (Å²) >= 11 is 0. The summed E-state index contributed by atoms with van der Waals surface area (Å²) < 4.78 is 13.3. The number of rotatable bonds is 7. The van der Waals surface area contributed by atoms with Crippen molar-refractivity contribution in [2.45, 2.75) is 45.3 Å². The second-order valence-corrected chi connectivity index (χ2v) is 6.94. The van der Waals surface area contributed by atoms with Gasteiger partial charge in [-0.05, 0) is 50.3 Å². The number of aromatic nitrogens is 1. The van der Waals surface area contributed by atoms with Gasteiger partial charge in [-0.25, -0.2) is 0 Å². The molecule has 0 bridgehead atoms. The van der Waals surface area contributed by atoms with Crippen LogP contribution in [0.5, 0.6) is 0 Å². The molecule has 0 unspecified atom stereocenters. The molecular weight excluding hydrogens is 316 g/mol. The Hall–Kier alpha value is -1.85. The fourth-order valence-corrected chi connectivity index (χ4v) is 3.34. The summed E-state index contributed by atoms with van der Waals surface area (Å²) in [5.74, 6) is -0.0610. The summed E-state index contributed by atoms with van der Waals surface area (Å²) in [6.45, 7) is 5.81. The molecule has 5 heteroatoms. The lowest BCUT2D eigenvalue weighted by Gasteiger charge is -2.16. The normalized spacial score (nSPS) is 18.6. The smallest absolute Gasteiger partial charge is 0.248 e. The molecule has 0 spiro atoms. The molecule has 1 fully saturated rings. The zero-order chi connectivity index (χ0) is 17.8. The fraction of sp³-hybridized carbons (Fsp3) is 0.550. The minimum absolute atomic E-state index is 0.0610. The molecule has 0 aliphatic carbocycles. The van der Waals surface area contributed by atoms with Gasteiger partial charge in [-0.3, -0.25) is 4.79 Å². The molecule has 2 atom stereocenters. The van der Waals surface area contributed by atoms with Gasteiger partial charge in [-0.15, -0.1) is 0 Å². The minimum Gasteiger partial charge on any atom is -0.376 e. The molecule has 0 saturated carbocycles. The van der Waals surface area contributed by atoms with Crippen LogP contribution in [0.2, 0.25) is 0 Å². The van der Waals surface area contributed by atoms with Gasteiger partial charge >= 0.3 is 0 Å². The number of hydrogen-bond acceptors (Lipinski definition) is 3. The predicted octanol–water partition coefficient (Wildman–Crippen LogP) is 2.73. The van der Waals surface area contributed by atoms with Gasteiger partial charge in [0, 0.05) is 37.3 Å². The van der Waals surface area contributed by atoms with Crippen LogP contribution in [0, 0.1) is 6.92 Å². The second-order valence-electron chi connectivity index (χ2n) is 6.94. The Labute approximate surface area is 149 Å². The highest BCUT2D eigenvalue weighted by molar-refractivity contribution is 5.85. The van der Waals surface area contributed by atoms with E-state index >= 15 is 0 Å². The van der Waals surface area contributed by atoms with E-state index in [0.29, 0.717) is 13.2 Å². The molecule has 1 aromatic carbocycles. The highest BCUT2D eigenvalue weighted by Crippen LogP contribution is 2.22. The SMILES string of the molecule is Cc1ccc2c(CCNC(=O)[C@H](C)OC[C@H]3CCCO3)cn(C)c2c1. The first-order chi connectivity index (χ1) is 12.0. The first-order valence-electron chi connectivity index (χ1n) is 9.10. The van der Waals surface area contributed by atoms with Gasteiger partial charge < -0.3 is 19.4 Å². The van der Waals surface area contributed by atoms with Crippen LogP contribution < -0.4 is 5.32 Å². The predicted molar refractivity (Wildman–Crippen MR) is 98.8 cm³/mol. The Kier molecular flexibility index (Phi) is 5.76. The lowest BCUT2D eigenvalue weighted by molar-refractivity contribution is -0.133. The third-order valence-electron chi connectivity index (χ3n) is 4.85. The summed E-state index contributed by atoms with van der Waals surface area (Å²) in [5, 5.41) is 4.23. The van der Waals surface area contributed by atoms with Crippen LogP contribution in [0.3, 0.4) is 0 Å². The van der Waals surface area contributed by atoms with Crippen molar-refractivity contribution in [2.75, 3.05) is 19.8 Å². The highest BCUT2D eigenvalue weighted by Gasteiger charge is 2.19. The first kappa shape index (κ1) is 18.0. The summed E-state index contributed by atoms with van der Waals surface area (Å²) in [6, 6.07) is 6.49. The number of nitrogens with one attached hydrogen (secondary N) is 1. The number of nitrogens with zero attached hydrogens (tertiary/aromatic N) is 1. The molecule has 1 aliphatic heterocycles.